The van der Waals surface area contributed by atoms with Gasteiger partial charge in [0.05, 0.1) is 17.7 Å². The monoisotopic (exact) mass is 555 g/mol. The minimum atomic E-state index is -4.18. The number of ether oxygens (including phenoxy) is 1. The molecule has 3 rings (SSSR count). The number of nitrogens with zero attached hydrogens (tertiary/aromatic N) is 2. The standard InChI is InChI=1S/C29H34FN3O5S/c1-5-17-31-29(35)22(3)32(19-23-11-13-24(30)14-12-23)28(34)20-33(25-7-6-8-26(18-25)38-4)39(36,37)27-15-9-21(2)10-16-27/h6-16,18,22H,5,17,19-20H2,1-4H3,(H,31,35)/t22-/m0/s1. The lowest BCUT2D eigenvalue weighted by Gasteiger charge is -2.32. The van der Waals surface area contributed by atoms with Crippen LogP contribution in [-0.2, 0) is 26.2 Å². The third-order valence-corrected chi connectivity index (χ3v) is 8.00. The van der Waals surface area contributed by atoms with Crippen molar-refractivity contribution in [3.8, 4) is 5.75 Å². The second-order valence-electron chi connectivity index (χ2n) is 9.14. The lowest BCUT2D eigenvalue weighted by Crippen LogP contribution is -2.51. The van der Waals surface area contributed by atoms with Gasteiger partial charge in [0.1, 0.15) is 24.2 Å². The Morgan fingerprint density at radius 1 is 1.03 bits per heavy atom. The Morgan fingerprint density at radius 3 is 2.31 bits per heavy atom. The van der Waals surface area contributed by atoms with Crippen LogP contribution in [0.2, 0.25) is 0 Å². The first-order valence-electron chi connectivity index (χ1n) is 12.6. The third-order valence-electron chi connectivity index (χ3n) is 6.21. The Kier molecular flexibility index (Phi) is 10.1. The average molecular weight is 556 g/mol. The number of benzene rings is 3. The minimum Gasteiger partial charge on any atom is -0.497 e. The Bertz CT molecular complexity index is 1380. The van der Waals surface area contributed by atoms with Gasteiger partial charge in [0.15, 0.2) is 0 Å². The van der Waals surface area contributed by atoms with Crippen molar-refractivity contribution in [3.63, 3.8) is 0 Å². The molecule has 0 aliphatic rings. The highest BCUT2D eigenvalue weighted by Gasteiger charge is 2.32. The summed E-state index contributed by atoms with van der Waals surface area (Å²) < 4.78 is 47.5. The van der Waals surface area contributed by atoms with Crippen molar-refractivity contribution in [2.45, 2.75) is 44.7 Å². The summed E-state index contributed by atoms with van der Waals surface area (Å²) in [7, 11) is -2.72. The molecule has 2 amide bonds. The van der Waals surface area contributed by atoms with Crippen molar-refractivity contribution in [2.24, 2.45) is 0 Å². The summed E-state index contributed by atoms with van der Waals surface area (Å²) in [4.78, 5) is 28.0. The van der Waals surface area contributed by atoms with Gasteiger partial charge in [-0.1, -0.05) is 42.8 Å². The van der Waals surface area contributed by atoms with E-state index >= 15 is 0 Å². The van der Waals surface area contributed by atoms with Gasteiger partial charge in [-0.2, -0.15) is 0 Å². The van der Waals surface area contributed by atoms with Crippen molar-refractivity contribution in [2.75, 3.05) is 24.5 Å². The third kappa shape index (κ3) is 7.57. The van der Waals surface area contributed by atoms with Gasteiger partial charge in [-0.05, 0) is 62.2 Å². The molecule has 3 aromatic carbocycles. The number of carbonyl (C=O) groups is 2. The van der Waals surface area contributed by atoms with Crippen LogP contribution in [0, 0.1) is 12.7 Å². The van der Waals surface area contributed by atoms with Crippen molar-refractivity contribution >= 4 is 27.5 Å². The zero-order chi connectivity index (χ0) is 28.6. The fourth-order valence-electron chi connectivity index (χ4n) is 3.90. The van der Waals surface area contributed by atoms with E-state index in [4.69, 9.17) is 4.74 Å². The van der Waals surface area contributed by atoms with Crippen molar-refractivity contribution in [3.05, 3.63) is 89.7 Å². The molecule has 0 aromatic heterocycles. The van der Waals surface area contributed by atoms with E-state index in [9.17, 15) is 22.4 Å². The van der Waals surface area contributed by atoms with E-state index < -0.39 is 34.3 Å². The summed E-state index contributed by atoms with van der Waals surface area (Å²) in [5, 5.41) is 2.78. The highest BCUT2D eigenvalue weighted by Crippen LogP contribution is 2.28. The number of carbonyl (C=O) groups excluding carboxylic acids is 2. The summed E-state index contributed by atoms with van der Waals surface area (Å²) in [5.41, 5.74) is 1.71. The molecule has 8 nitrogen and oxygen atoms in total. The number of aryl methyl sites for hydroxylation is 1. The predicted molar refractivity (Wildman–Crippen MR) is 148 cm³/mol. The van der Waals surface area contributed by atoms with Gasteiger partial charge in [-0.3, -0.25) is 13.9 Å². The molecule has 1 N–H and O–H groups in total. The maximum Gasteiger partial charge on any atom is 0.264 e. The lowest BCUT2D eigenvalue weighted by molar-refractivity contribution is -0.139. The molecule has 0 radical (unpaired) electrons. The molecule has 0 aliphatic heterocycles. The van der Waals surface area contributed by atoms with Crippen molar-refractivity contribution in [1.29, 1.82) is 0 Å². The highest BCUT2D eigenvalue weighted by atomic mass is 32.2. The van der Waals surface area contributed by atoms with Crippen LogP contribution in [0.1, 0.15) is 31.4 Å². The SMILES string of the molecule is CCCNC(=O)[C@H](C)N(Cc1ccc(F)cc1)C(=O)CN(c1cccc(OC)c1)S(=O)(=O)c1ccc(C)cc1. The molecule has 0 unspecified atom stereocenters. The van der Waals surface area contributed by atoms with Gasteiger partial charge in [0.2, 0.25) is 11.8 Å². The Balaban J connectivity index is 2.03. The maximum atomic E-state index is 13.8. The first-order chi connectivity index (χ1) is 18.6. The van der Waals surface area contributed by atoms with Crippen LogP contribution in [-0.4, -0.2) is 51.4 Å². The summed E-state index contributed by atoms with van der Waals surface area (Å²) >= 11 is 0. The number of hydrogen-bond acceptors (Lipinski definition) is 5. The average Bonchev–Trinajstić information content (AvgIpc) is 2.93. The minimum absolute atomic E-state index is 0.0162. The van der Waals surface area contributed by atoms with Gasteiger partial charge in [-0.25, -0.2) is 12.8 Å². The Morgan fingerprint density at radius 2 is 1.69 bits per heavy atom. The quantitative estimate of drug-likeness (QED) is 0.360. The molecule has 0 bridgehead atoms. The highest BCUT2D eigenvalue weighted by molar-refractivity contribution is 7.92. The van der Waals surface area contributed by atoms with Gasteiger partial charge in [-0.15, -0.1) is 0 Å². The van der Waals surface area contributed by atoms with Crippen LogP contribution in [0.5, 0.6) is 5.75 Å². The number of sulfonamides is 1. The fourth-order valence-corrected chi connectivity index (χ4v) is 5.30. The van der Waals surface area contributed by atoms with E-state index in [0.29, 0.717) is 24.3 Å². The molecule has 0 spiro atoms. The molecule has 208 valence electrons. The number of rotatable bonds is 12. The van der Waals surface area contributed by atoms with Gasteiger partial charge < -0.3 is 15.0 Å². The molecule has 0 saturated carbocycles. The topological polar surface area (TPSA) is 96.0 Å². The van der Waals surface area contributed by atoms with Gasteiger partial charge in [0, 0.05) is 19.2 Å². The van der Waals surface area contributed by atoms with E-state index in [1.165, 1.54) is 54.5 Å². The first kappa shape index (κ1) is 29.6. The van der Waals surface area contributed by atoms with E-state index in [1.807, 2.05) is 13.8 Å². The van der Waals surface area contributed by atoms with Gasteiger partial charge >= 0.3 is 0 Å². The number of nitrogens with one attached hydrogen (secondary N) is 1. The molecule has 0 heterocycles. The zero-order valence-electron chi connectivity index (χ0n) is 22.6. The molecule has 0 saturated heterocycles. The smallest absolute Gasteiger partial charge is 0.264 e. The van der Waals surface area contributed by atoms with Crippen molar-refractivity contribution < 1.29 is 27.1 Å². The van der Waals surface area contributed by atoms with Crippen LogP contribution in [0.3, 0.4) is 0 Å². The van der Waals surface area contributed by atoms with Crippen molar-refractivity contribution in [1.82, 2.24) is 10.2 Å². The summed E-state index contributed by atoms with van der Waals surface area (Å²) in [5.74, 6) is -0.989. The maximum absolute atomic E-state index is 13.8. The molecular weight excluding hydrogens is 521 g/mol. The normalized spacial score (nSPS) is 11.9. The summed E-state index contributed by atoms with van der Waals surface area (Å²) in [6.45, 7) is 5.18. The Labute approximate surface area is 229 Å². The number of anilines is 1. The first-order valence-corrected chi connectivity index (χ1v) is 14.1. The second-order valence-corrected chi connectivity index (χ2v) is 11.0. The number of amides is 2. The van der Waals surface area contributed by atoms with E-state index in [2.05, 4.69) is 5.32 Å². The van der Waals surface area contributed by atoms with Crippen LogP contribution < -0.4 is 14.4 Å². The molecule has 0 aliphatic carbocycles. The second kappa shape index (κ2) is 13.2. The summed E-state index contributed by atoms with van der Waals surface area (Å²) in [6.07, 6.45) is 0.711. The largest absolute Gasteiger partial charge is 0.497 e. The van der Waals surface area contributed by atoms with Crippen LogP contribution in [0.15, 0.2) is 77.7 Å². The summed E-state index contributed by atoms with van der Waals surface area (Å²) in [6, 6.07) is 17.4. The lowest BCUT2D eigenvalue weighted by atomic mass is 10.1. The number of methoxy groups -OCH3 is 1. The predicted octanol–water partition coefficient (Wildman–Crippen LogP) is 4.28. The fraction of sp³-hybridized carbons (Fsp3) is 0.310. The Hall–Kier alpha value is -3.92. The van der Waals surface area contributed by atoms with Crippen LogP contribution in [0.4, 0.5) is 10.1 Å². The number of halogens is 1. The zero-order valence-corrected chi connectivity index (χ0v) is 23.4. The van der Waals surface area contributed by atoms with Gasteiger partial charge in [0.25, 0.3) is 10.0 Å². The van der Waals surface area contributed by atoms with E-state index in [1.54, 1.807) is 37.3 Å². The van der Waals surface area contributed by atoms with E-state index in [0.717, 1.165) is 9.87 Å². The van der Waals surface area contributed by atoms with Crippen LogP contribution in [0.25, 0.3) is 0 Å². The van der Waals surface area contributed by atoms with Crippen LogP contribution >= 0.6 is 0 Å². The molecule has 39 heavy (non-hydrogen) atoms. The molecular formula is C29H34FN3O5S. The number of hydrogen-bond donors (Lipinski definition) is 1. The molecule has 3 aromatic rings. The van der Waals surface area contributed by atoms with E-state index in [-0.39, 0.29) is 23.0 Å². The molecule has 0 fully saturated rings. The molecule has 10 heteroatoms. The molecule has 1 atom stereocenters.